The summed E-state index contributed by atoms with van der Waals surface area (Å²) in [7, 11) is 0. The summed E-state index contributed by atoms with van der Waals surface area (Å²) in [5.74, 6) is 1.43. The van der Waals surface area contributed by atoms with Gasteiger partial charge in [0.25, 0.3) is 5.91 Å². The highest BCUT2D eigenvalue weighted by Crippen LogP contribution is 2.37. The van der Waals surface area contributed by atoms with Crippen LogP contribution in [0.15, 0.2) is 23.6 Å². The lowest BCUT2D eigenvalue weighted by molar-refractivity contribution is 0.0578. The SMILES string of the molecule is CC(N)C1CCCCN1C(=O)c1csc(-c2ccc3c(c2)OCO3)n1.Cl.Cl. The Morgan fingerprint density at radius 3 is 2.85 bits per heavy atom. The van der Waals surface area contributed by atoms with Crippen LogP contribution in [-0.2, 0) is 0 Å². The second-order valence-corrected chi connectivity index (χ2v) is 7.38. The number of thiazole rings is 1. The fourth-order valence-electron chi connectivity index (χ4n) is 3.44. The summed E-state index contributed by atoms with van der Waals surface area (Å²) in [6.45, 7) is 2.96. The number of aromatic nitrogens is 1. The number of carbonyl (C=O) groups excluding carboxylic acids is 1. The van der Waals surface area contributed by atoms with Crippen LogP contribution < -0.4 is 15.2 Å². The molecule has 6 nitrogen and oxygen atoms in total. The van der Waals surface area contributed by atoms with Crippen molar-refractivity contribution in [1.82, 2.24) is 9.88 Å². The molecule has 0 spiro atoms. The molecule has 9 heteroatoms. The Morgan fingerprint density at radius 2 is 2.07 bits per heavy atom. The van der Waals surface area contributed by atoms with Crippen LogP contribution in [0.2, 0.25) is 0 Å². The quantitative estimate of drug-likeness (QED) is 0.800. The molecular formula is C18H23Cl2N3O3S. The van der Waals surface area contributed by atoms with E-state index in [9.17, 15) is 4.79 Å². The van der Waals surface area contributed by atoms with Crippen molar-refractivity contribution in [2.24, 2.45) is 5.73 Å². The number of halogens is 2. The molecule has 1 aromatic carbocycles. The summed E-state index contributed by atoms with van der Waals surface area (Å²) in [5.41, 5.74) is 7.50. The first-order chi connectivity index (χ1) is 12.1. The van der Waals surface area contributed by atoms with Crippen LogP contribution in [0.5, 0.6) is 11.5 Å². The normalized spacial score (nSPS) is 19.0. The molecule has 27 heavy (non-hydrogen) atoms. The minimum Gasteiger partial charge on any atom is -0.454 e. The highest BCUT2D eigenvalue weighted by Gasteiger charge is 2.31. The van der Waals surface area contributed by atoms with Gasteiger partial charge >= 0.3 is 0 Å². The largest absolute Gasteiger partial charge is 0.454 e. The van der Waals surface area contributed by atoms with Crippen molar-refractivity contribution in [2.75, 3.05) is 13.3 Å². The van der Waals surface area contributed by atoms with Crippen molar-refractivity contribution in [1.29, 1.82) is 0 Å². The summed E-state index contributed by atoms with van der Waals surface area (Å²) < 4.78 is 10.8. The van der Waals surface area contributed by atoms with Crippen molar-refractivity contribution in [3.05, 3.63) is 29.3 Å². The summed E-state index contributed by atoms with van der Waals surface area (Å²) in [6, 6.07) is 5.78. The summed E-state index contributed by atoms with van der Waals surface area (Å²) in [4.78, 5) is 19.4. The number of amides is 1. The van der Waals surface area contributed by atoms with E-state index in [1.165, 1.54) is 11.3 Å². The van der Waals surface area contributed by atoms with Crippen LogP contribution in [0.3, 0.4) is 0 Å². The molecule has 0 aliphatic carbocycles. The molecule has 2 aliphatic heterocycles. The Bertz CT molecular complexity index is 800. The molecule has 1 amide bonds. The van der Waals surface area contributed by atoms with Gasteiger partial charge in [-0.25, -0.2) is 4.98 Å². The number of nitrogens with two attached hydrogens (primary N) is 1. The minimum absolute atomic E-state index is 0. The fourth-order valence-corrected chi connectivity index (χ4v) is 4.23. The first kappa shape index (κ1) is 21.8. The molecule has 2 aromatic rings. The van der Waals surface area contributed by atoms with Gasteiger partial charge in [0.15, 0.2) is 11.5 Å². The number of hydrogen-bond acceptors (Lipinski definition) is 6. The van der Waals surface area contributed by atoms with Crippen molar-refractivity contribution in [3.63, 3.8) is 0 Å². The average Bonchev–Trinajstić information content (AvgIpc) is 3.29. The summed E-state index contributed by atoms with van der Waals surface area (Å²) >= 11 is 1.46. The molecule has 2 N–H and O–H groups in total. The van der Waals surface area contributed by atoms with Gasteiger partial charge in [-0.15, -0.1) is 36.2 Å². The molecule has 4 rings (SSSR count). The third-order valence-electron chi connectivity index (χ3n) is 4.76. The summed E-state index contributed by atoms with van der Waals surface area (Å²) in [5, 5.41) is 2.63. The number of carbonyl (C=O) groups is 1. The lowest BCUT2D eigenvalue weighted by atomic mass is 9.96. The molecule has 2 unspecified atom stereocenters. The highest BCUT2D eigenvalue weighted by molar-refractivity contribution is 7.13. The maximum atomic E-state index is 12.9. The van der Waals surface area contributed by atoms with Crippen LogP contribution in [0.1, 0.15) is 36.7 Å². The maximum absolute atomic E-state index is 12.9. The van der Waals surface area contributed by atoms with Crippen LogP contribution in [0.25, 0.3) is 10.6 Å². The molecule has 148 valence electrons. The van der Waals surface area contributed by atoms with Crippen molar-refractivity contribution >= 4 is 42.1 Å². The van der Waals surface area contributed by atoms with E-state index in [0.717, 1.165) is 42.1 Å². The topological polar surface area (TPSA) is 77.7 Å². The Balaban J connectivity index is 0.00000131. The van der Waals surface area contributed by atoms with Gasteiger partial charge in [-0.1, -0.05) is 0 Å². The third-order valence-corrected chi connectivity index (χ3v) is 5.65. The van der Waals surface area contributed by atoms with Crippen LogP contribution in [0.4, 0.5) is 0 Å². The number of fused-ring (bicyclic) bond motifs is 1. The average molecular weight is 432 g/mol. The van der Waals surface area contributed by atoms with Gasteiger partial charge in [-0.05, 0) is 44.4 Å². The van der Waals surface area contributed by atoms with E-state index in [0.29, 0.717) is 11.4 Å². The molecule has 0 radical (unpaired) electrons. The van der Waals surface area contributed by atoms with Gasteiger partial charge < -0.3 is 20.1 Å². The fraction of sp³-hybridized carbons (Fsp3) is 0.444. The Labute approximate surface area is 174 Å². The van der Waals surface area contributed by atoms with Gasteiger partial charge in [0, 0.05) is 29.6 Å². The predicted octanol–water partition coefficient (Wildman–Crippen LogP) is 3.72. The lowest BCUT2D eigenvalue weighted by Crippen LogP contribution is -2.51. The van der Waals surface area contributed by atoms with Gasteiger partial charge in [-0.2, -0.15) is 0 Å². The number of benzene rings is 1. The molecule has 1 fully saturated rings. The molecule has 0 bridgehead atoms. The van der Waals surface area contributed by atoms with Gasteiger partial charge in [0.05, 0.1) is 0 Å². The monoisotopic (exact) mass is 431 g/mol. The second-order valence-electron chi connectivity index (χ2n) is 6.53. The summed E-state index contributed by atoms with van der Waals surface area (Å²) in [6.07, 6.45) is 3.10. The third kappa shape index (κ3) is 4.32. The second kappa shape index (κ2) is 9.10. The van der Waals surface area contributed by atoms with E-state index in [1.807, 2.05) is 35.4 Å². The van der Waals surface area contributed by atoms with Gasteiger partial charge in [0.2, 0.25) is 6.79 Å². The van der Waals surface area contributed by atoms with Crippen molar-refractivity contribution in [2.45, 2.75) is 38.3 Å². The van der Waals surface area contributed by atoms with Crippen molar-refractivity contribution < 1.29 is 14.3 Å². The number of piperidine rings is 1. The minimum atomic E-state index is -0.0313. The molecule has 0 saturated carbocycles. The zero-order chi connectivity index (χ0) is 17.4. The standard InChI is InChI=1S/C18H21N3O3S.2ClH/c1-11(19)14-4-2-3-7-21(14)18(22)13-9-25-17(20-13)12-5-6-15-16(8-12)24-10-23-15;;/h5-6,8-9,11,14H,2-4,7,10,19H2,1H3;2*1H. The highest BCUT2D eigenvalue weighted by atomic mass is 35.5. The molecule has 1 aromatic heterocycles. The van der Waals surface area contributed by atoms with Crippen LogP contribution in [-0.4, -0.2) is 41.2 Å². The van der Waals surface area contributed by atoms with Crippen molar-refractivity contribution in [3.8, 4) is 22.1 Å². The molecule has 2 aliphatic rings. The molecule has 1 saturated heterocycles. The van der Waals surface area contributed by atoms with E-state index in [1.54, 1.807) is 0 Å². The number of ether oxygens (including phenoxy) is 2. The molecule has 3 heterocycles. The lowest BCUT2D eigenvalue weighted by Gasteiger charge is -2.37. The zero-order valence-corrected chi connectivity index (χ0v) is 17.4. The van der Waals surface area contributed by atoms with E-state index >= 15 is 0 Å². The number of rotatable bonds is 3. The predicted molar refractivity (Wildman–Crippen MR) is 110 cm³/mol. The van der Waals surface area contributed by atoms with E-state index in [2.05, 4.69) is 4.98 Å². The Kier molecular flexibility index (Phi) is 7.33. The maximum Gasteiger partial charge on any atom is 0.273 e. The van der Waals surface area contributed by atoms with Gasteiger partial charge in [0.1, 0.15) is 10.7 Å². The van der Waals surface area contributed by atoms with E-state index in [4.69, 9.17) is 15.2 Å². The number of nitrogens with zero attached hydrogens (tertiary/aromatic N) is 2. The zero-order valence-electron chi connectivity index (χ0n) is 14.9. The van der Waals surface area contributed by atoms with Crippen LogP contribution in [0, 0.1) is 0 Å². The Morgan fingerprint density at radius 1 is 1.30 bits per heavy atom. The Hall–Kier alpha value is -1.54. The van der Waals surface area contributed by atoms with E-state index < -0.39 is 0 Å². The number of likely N-dealkylation sites (tertiary alicyclic amines) is 1. The van der Waals surface area contributed by atoms with Crippen LogP contribution >= 0.6 is 36.2 Å². The molecular weight excluding hydrogens is 409 g/mol. The first-order valence-electron chi connectivity index (χ1n) is 8.55. The molecule has 2 atom stereocenters. The smallest absolute Gasteiger partial charge is 0.273 e. The van der Waals surface area contributed by atoms with Gasteiger partial charge in [-0.3, -0.25) is 4.79 Å². The van der Waals surface area contributed by atoms with E-state index in [-0.39, 0.29) is 49.6 Å². The number of hydrogen-bond donors (Lipinski definition) is 1. The first-order valence-corrected chi connectivity index (χ1v) is 9.43.